The highest BCUT2D eigenvalue weighted by Crippen LogP contribution is 2.60. The molecule has 1 aromatic carbocycles. The first kappa shape index (κ1) is 12.5. The molecule has 5 rings (SSSR count). The van der Waals surface area contributed by atoms with Crippen LogP contribution < -0.4 is 4.74 Å². The van der Waals surface area contributed by atoms with Crippen molar-refractivity contribution >= 4 is 16.9 Å². The molecule has 4 atom stereocenters. The van der Waals surface area contributed by atoms with Crippen molar-refractivity contribution in [3.8, 4) is 5.75 Å². The number of rotatable bonds is 2. The molecule has 1 aliphatic heterocycles. The van der Waals surface area contributed by atoms with Gasteiger partial charge in [-0.1, -0.05) is 0 Å². The first-order chi connectivity index (χ1) is 10.7. The van der Waals surface area contributed by atoms with Gasteiger partial charge in [0.2, 0.25) is 0 Å². The van der Waals surface area contributed by atoms with Crippen LogP contribution in [-0.2, 0) is 7.05 Å². The number of ether oxygens (including phenoxy) is 1. The summed E-state index contributed by atoms with van der Waals surface area (Å²) in [7, 11) is 3.58. The lowest BCUT2D eigenvalue weighted by Crippen LogP contribution is -2.53. The number of benzene rings is 1. The summed E-state index contributed by atoms with van der Waals surface area (Å²) >= 11 is 0. The summed E-state index contributed by atoms with van der Waals surface area (Å²) in [5.74, 6) is 3.32. The van der Waals surface area contributed by atoms with Crippen LogP contribution in [0.1, 0.15) is 23.2 Å². The predicted octanol–water partition coefficient (Wildman–Crippen LogP) is 2.06. The number of nitrogens with zero attached hydrogens (tertiary/aromatic N) is 3. The Labute approximate surface area is 128 Å². The molecule has 5 nitrogen and oxygen atoms in total. The number of likely N-dealkylation sites (tertiary alicyclic amines) is 1. The van der Waals surface area contributed by atoms with Gasteiger partial charge >= 0.3 is 0 Å². The van der Waals surface area contributed by atoms with Crippen LogP contribution in [0.3, 0.4) is 0 Å². The van der Waals surface area contributed by atoms with E-state index in [0.29, 0.717) is 11.6 Å². The number of methoxy groups -OCH3 is 1. The highest BCUT2D eigenvalue weighted by Gasteiger charge is 2.61. The molecule has 114 valence electrons. The minimum Gasteiger partial charge on any atom is -0.494 e. The van der Waals surface area contributed by atoms with E-state index in [1.807, 2.05) is 23.7 Å². The zero-order valence-corrected chi connectivity index (χ0v) is 12.8. The van der Waals surface area contributed by atoms with Crippen molar-refractivity contribution in [1.82, 2.24) is 14.5 Å². The maximum Gasteiger partial charge on any atom is 0.254 e. The molecule has 3 fully saturated rings. The molecular formula is C17H19N3O2. The first-order valence-electron chi connectivity index (χ1n) is 7.97. The lowest BCUT2D eigenvalue weighted by atomic mass is 9.53. The Morgan fingerprint density at radius 2 is 2.18 bits per heavy atom. The van der Waals surface area contributed by atoms with E-state index in [1.54, 1.807) is 13.4 Å². The van der Waals surface area contributed by atoms with E-state index >= 15 is 0 Å². The van der Waals surface area contributed by atoms with Crippen molar-refractivity contribution in [2.24, 2.45) is 24.8 Å². The Hall–Kier alpha value is -2.04. The van der Waals surface area contributed by atoms with Crippen molar-refractivity contribution < 1.29 is 9.53 Å². The number of hydrogen-bond acceptors (Lipinski definition) is 3. The van der Waals surface area contributed by atoms with E-state index in [9.17, 15) is 4.79 Å². The van der Waals surface area contributed by atoms with Gasteiger partial charge in [0.25, 0.3) is 5.91 Å². The van der Waals surface area contributed by atoms with Crippen molar-refractivity contribution in [2.45, 2.75) is 18.9 Å². The fraction of sp³-hybridized carbons (Fsp3) is 0.529. The highest BCUT2D eigenvalue weighted by molar-refractivity contribution is 5.99. The van der Waals surface area contributed by atoms with Gasteiger partial charge < -0.3 is 14.2 Å². The number of carbonyl (C=O) groups is 1. The van der Waals surface area contributed by atoms with E-state index in [1.165, 1.54) is 12.8 Å². The van der Waals surface area contributed by atoms with Crippen LogP contribution in [-0.4, -0.2) is 40.1 Å². The number of carbonyl (C=O) groups excluding carboxylic acids is 1. The van der Waals surface area contributed by atoms with E-state index < -0.39 is 0 Å². The van der Waals surface area contributed by atoms with E-state index in [2.05, 4.69) is 9.88 Å². The summed E-state index contributed by atoms with van der Waals surface area (Å²) in [6.45, 7) is 0.938. The third-order valence-corrected chi connectivity index (χ3v) is 6.02. The Morgan fingerprint density at radius 3 is 2.91 bits per heavy atom. The van der Waals surface area contributed by atoms with E-state index in [4.69, 9.17) is 4.74 Å². The minimum absolute atomic E-state index is 0.142. The molecule has 1 amide bonds. The highest BCUT2D eigenvalue weighted by atomic mass is 16.5. The van der Waals surface area contributed by atoms with Gasteiger partial charge in [0.1, 0.15) is 11.3 Å². The number of aryl methyl sites for hydroxylation is 1. The quantitative estimate of drug-likeness (QED) is 0.852. The van der Waals surface area contributed by atoms with Gasteiger partial charge in [-0.3, -0.25) is 4.79 Å². The number of amides is 1. The zero-order valence-electron chi connectivity index (χ0n) is 12.8. The Bertz CT molecular complexity index is 797. The van der Waals surface area contributed by atoms with Gasteiger partial charge in [0.15, 0.2) is 0 Å². The van der Waals surface area contributed by atoms with Crippen LogP contribution in [0.2, 0.25) is 0 Å². The third kappa shape index (κ3) is 1.39. The molecule has 2 aromatic rings. The topological polar surface area (TPSA) is 47.4 Å². The zero-order chi connectivity index (χ0) is 15.0. The summed E-state index contributed by atoms with van der Waals surface area (Å²) < 4.78 is 7.41. The summed E-state index contributed by atoms with van der Waals surface area (Å²) in [6.07, 6.45) is 4.29. The Balaban J connectivity index is 1.54. The normalized spacial score (nSPS) is 31.6. The fourth-order valence-electron chi connectivity index (χ4n) is 4.90. The molecule has 1 unspecified atom stereocenters. The van der Waals surface area contributed by atoms with Crippen molar-refractivity contribution in [2.75, 3.05) is 13.7 Å². The smallest absolute Gasteiger partial charge is 0.254 e. The summed E-state index contributed by atoms with van der Waals surface area (Å²) in [5, 5.41) is 0. The van der Waals surface area contributed by atoms with Gasteiger partial charge in [-0.25, -0.2) is 4.98 Å². The Morgan fingerprint density at radius 1 is 1.32 bits per heavy atom. The van der Waals surface area contributed by atoms with Gasteiger partial charge in [-0.2, -0.15) is 0 Å². The third-order valence-electron chi connectivity index (χ3n) is 6.02. The summed E-state index contributed by atoms with van der Waals surface area (Å²) in [5.41, 5.74) is 2.45. The van der Waals surface area contributed by atoms with Crippen LogP contribution in [0.5, 0.6) is 5.75 Å². The number of aromatic nitrogens is 2. The molecule has 2 heterocycles. The number of fused-ring (bicyclic) bond motifs is 1. The van der Waals surface area contributed by atoms with Gasteiger partial charge in [-0.15, -0.1) is 0 Å². The van der Waals surface area contributed by atoms with Crippen molar-refractivity contribution in [3.05, 3.63) is 24.0 Å². The summed E-state index contributed by atoms with van der Waals surface area (Å²) in [6, 6.07) is 4.25. The fourth-order valence-corrected chi connectivity index (χ4v) is 4.90. The van der Waals surface area contributed by atoms with E-state index in [-0.39, 0.29) is 5.91 Å². The molecule has 1 saturated heterocycles. The number of hydrogen-bond donors (Lipinski definition) is 0. The number of imidazole rings is 1. The van der Waals surface area contributed by atoms with Crippen LogP contribution in [0.15, 0.2) is 18.5 Å². The summed E-state index contributed by atoms with van der Waals surface area (Å²) in [4.78, 5) is 19.4. The van der Waals surface area contributed by atoms with Gasteiger partial charge in [0, 0.05) is 25.2 Å². The molecule has 5 heteroatoms. The Kier molecular flexibility index (Phi) is 2.29. The molecule has 0 spiro atoms. The largest absolute Gasteiger partial charge is 0.494 e. The van der Waals surface area contributed by atoms with E-state index in [0.717, 1.165) is 41.1 Å². The predicted molar refractivity (Wildman–Crippen MR) is 81.8 cm³/mol. The second-order valence-corrected chi connectivity index (χ2v) is 7.00. The van der Waals surface area contributed by atoms with Crippen molar-refractivity contribution in [1.29, 1.82) is 0 Å². The van der Waals surface area contributed by atoms with Crippen LogP contribution >= 0.6 is 0 Å². The molecule has 2 saturated carbocycles. The molecule has 1 aromatic heterocycles. The second-order valence-electron chi connectivity index (χ2n) is 7.00. The maximum atomic E-state index is 13.0. The SMILES string of the molecule is COc1cc(C(=O)N2C[C@H]3CC4C[C@@H]2[C@H]43)cc2ncn(C)c12. The lowest BCUT2D eigenvalue weighted by Gasteiger charge is -2.52. The van der Waals surface area contributed by atoms with Gasteiger partial charge in [0.05, 0.1) is 19.0 Å². The second kappa shape index (κ2) is 4.03. The van der Waals surface area contributed by atoms with Crippen LogP contribution in [0.4, 0.5) is 0 Å². The van der Waals surface area contributed by atoms with Crippen LogP contribution in [0, 0.1) is 17.8 Å². The van der Waals surface area contributed by atoms with Crippen molar-refractivity contribution in [3.63, 3.8) is 0 Å². The van der Waals surface area contributed by atoms with Gasteiger partial charge in [-0.05, 0) is 42.7 Å². The molecule has 2 aliphatic carbocycles. The van der Waals surface area contributed by atoms with Crippen LogP contribution in [0.25, 0.3) is 11.0 Å². The standard InChI is InChI=1S/C17H19N3O2/c1-19-8-18-12-4-10(6-14(22-2)16(12)19)17(21)20-7-11-3-9-5-13(20)15(9)11/h4,6,8-9,11,13,15H,3,5,7H2,1-2H3/t9?,11-,13-,15-/m1/s1. The molecule has 3 aliphatic rings. The molecular weight excluding hydrogens is 278 g/mol. The average molecular weight is 297 g/mol. The molecule has 0 radical (unpaired) electrons. The molecule has 0 N–H and O–H groups in total. The molecule has 22 heavy (non-hydrogen) atoms. The monoisotopic (exact) mass is 297 g/mol. The maximum absolute atomic E-state index is 13.0. The average Bonchev–Trinajstić information content (AvgIpc) is 2.87. The lowest BCUT2D eigenvalue weighted by molar-refractivity contribution is -0.0204. The minimum atomic E-state index is 0.142. The first-order valence-corrected chi connectivity index (χ1v) is 7.97. The molecule has 0 bridgehead atoms.